The molecule has 0 spiro atoms. The molecular weight excluding hydrogens is 244 g/mol. The molecule has 2 aromatic rings. The highest BCUT2D eigenvalue weighted by Crippen LogP contribution is 2.20. The van der Waals surface area contributed by atoms with Crippen LogP contribution < -0.4 is 11.1 Å². The molecule has 2 aromatic carbocycles. The van der Waals surface area contributed by atoms with Crippen molar-refractivity contribution >= 4 is 5.69 Å². The van der Waals surface area contributed by atoms with Crippen molar-refractivity contribution in [2.24, 2.45) is 5.73 Å². The van der Waals surface area contributed by atoms with Gasteiger partial charge >= 0.3 is 0 Å². The first kappa shape index (κ1) is 14.6. The standard InChI is InChI=1S/C18H24N2/c19-14-6-1-2-7-15-20-18-12-10-17(11-13-18)16-8-4-3-5-9-16/h3-5,8-13,20H,1-2,6-7,14-15,19H2. The summed E-state index contributed by atoms with van der Waals surface area (Å²) in [6.07, 6.45) is 4.85. The van der Waals surface area contributed by atoms with Gasteiger partial charge in [0.05, 0.1) is 0 Å². The van der Waals surface area contributed by atoms with E-state index in [2.05, 4.69) is 53.8 Å². The van der Waals surface area contributed by atoms with Crippen molar-refractivity contribution < 1.29 is 0 Å². The number of hydrogen-bond donors (Lipinski definition) is 2. The van der Waals surface area contributed by atoms with E-state index >= 15 is 0 Å². The van der Waals surface area contributed by atoms with E-state index in [1.165, 1.54) is 36.1 Å². The molecule has 0 aliphatic heterocycles. The van der Waals surface area contributed by atoms with Crippen molar-refractivity contribution in [2.45, 2.75) is 25.7 Å². The molecule has 0 radical (unpaired) electrons. The Balaban J connectivity index is 1.77. The Kier molecular flexibility index (Phi) is 6.12. The zero-order valence-electron chi connectivity index (χ0n) is 12.0. The molecule has 0 amide bonds. The number of rotatable bonds is 8. The second-order valence-corrected chi connectivity index (χ2v) is 5.07. The summed E-state index contributed by atoms with van der Waals surface area (Å²) >= 11 is 0. The minimum atomic E-state index is 0.814. The molecule has 0 bridgehead atoms. The molecule has 0 saturated carbocycles. The summed E-state index contributed by atoms with van der Waals surface area (Å²) < 4.78 is 0. The highest BCUT2D eigenvalue weighted by molar-refractivity contribution is 5.65. The smallest absolute Gasteiger partial charge is 0.0340 e. The van der Waals surface area contributed by atoms with E-state index in [1.807, 2.05) is 6.07 Å². The quantitative estimate of drug-likeness (QED) is 0.701. The van der Waals surface area contributed by atoms with E-state index in [9.17, 15) is 0 Å². The fourth-order valence-electron chi connectivity index (χ4n) is 2.27. The molecule has 2 heteroatoms. The van der Waals surface area contributed by atoms with Crippen LogP contribution in [0, 0.1) is 0 Å². The van der Waals surface area contributed by atoms with Gasteiger partial charge in [0.15, 0.2) is 0 Å². The summed E-state index contributed by atoms with van der Waals surface area (Å²) in [6.45, 7) is 1.85. The molecule has 20 heavy (non-hydrogen) atoms. The maximum Gasteiger partial charge on any atom is 0.0340 e. The minimum absolute atomic E-state index is 0.814. The monoisotopic (exact) mass is 268 g/mol. The van der Waals surface area contributed by atoms with Crippen LogP contribution in [0.2, 0.25) is 0 Å². The molecule has 0 saturated heterocycles. The van der Waals surface area contributed by atoms with E-state index in [0.717, 1.165) is 19.5 Å². The Labute approximate surface area is 122 Å². The van der Waals surface area contributed by atoms with Crippen LogP contribution in [0.15, 0.2) is 54.6 Å². The lowest BCUT2D eigenvalue weighted by Gasteiger charge is -2.07. The fraction of sp³-hybridized carbons (Fsp3) is 0.333. The van der Waals surface area contributed by atoms with Crippen molar-refractivity contribution in [1.29, 1.82) is 0 Å². The molecule has 0 unspecified atom stereocenters. The van der Waals surface area contributed by atoms with Gasteiger partial charge in [-0.1, -0.05) is 55.3 Å². The van der Waals surface area contributed by atoms with Gasteiger partial charge in [-0.25, -0.2) is 0 Å². The molecule has 0 aliphatic rings. The molecule has 0 aliphatic carbocycles. The molecule has 0 atom stereocenters. The summed E-state index contributed by atoms with van der Waals surface area (Å²) in [5.74, 6) is 0. The predicted octanol–water partition coefficient (Wildman–Crippen LogP) is 4.28. The van der Waals surface area contributed by atoms with Gasteiger partial charge in [0.2, 0.25) is 0 Å². The highest BCUT2D eigenvalue weighted by atomic mass is 14.9. The number of benzene rings is 2. The van der Waals surface area contributed by atoms with Crippen LogP contribution in [-0.2, 0) is 0 Å². The second-order valence-electron chi connectivity index (χ2n) is 5.07. The SMILES string of the molecule is NCCCCCCNc1ccc(-c2ccccc2)cc1. The van der Waals surface area contributed by atoms with Gasteiger partial charge in [0, 0.05) is 12.2 Å². The van der Waals surface area contributed by atoms with Crippen LogP contribution in [-0.4, -0.2) is 13.1 Å². The van der Waals surface area contributed by atoms with Crippen molar-refractivity contribution in [3.8, 4) is 11.1 Å². The Morgan fingerprint density at radius 1 is 0.700 bits per heavy atom. The van der Waals surface area contributed by atoms with E-state index in [-0.39, 0.29) is 0 Å². The van der Waals surface area contributed by atoms with Crippen LogP contribution in [0.5, 0.6) is 0 Å². The molecule has 2 nitrogen and oxygen atoms in total. The zero-order valence-corrected chi connectivity index (χ0v) is 12.0. The summed E-state index contributed by atoms with van der Waals surface area (Å²) in [7, 11) is 0. The first-order valence-corrected chi connectivity index (χ1v) is 7.49. The third kappa shape index (κ3) is 4.71. The third-order valence-corrected chi connectivity index (χ3v) is 3.45. The predicted molar refractivity (Wildman–Crippen MR) is 87.9 cm³/mol. The normalized spacial score (nSPS) is 10.4. The second kappa shape index (κ2) is 8.39. The lowest BCUT2D eigenvalue weighted by atomic mass is 10.1. The summed E-state index contributed by atoms with van der Waals surface area (Å²) in [5.41, 5.74) is 9.21. The molecule has 3 N–H and O–H groups in total. The van der Waals surface area contributed by atoms with Gasteiger partial charge in [0.1, 0.15) is 0 Å². The number of nitrogens with one attached hydrogen (secondary N) is 1. The minimum Gasteiger partial charge on any atom is -0.385 e. The molecule has 0 heterocycles. The Morgan fingerprint density at radius 2 is 1.35 bits per heavy atom. The summed E-state index contributed by atoms with van der Waals surface area (Å²) in [6, 6.07) is 19.1. The lowest BCUT2D eigenvalue weighted by Crippen LogP contribution is -2.02. The number of anilines is 1. The van der Waals surface area contributed by atoms with Gasteiger partial charge in [-0.3, -0.25) is 0 Å². The van der Waals surface area contributed by atoms with Crippen LogP contribution >= 0.6 is 0 Å². The van der Waals surface area contributed by atoms with E-state index in [4.69, 9.17) is 5.73 Å². The van der Waals surface area contributed by atoms with Gasteiger partial charge in [-0.05, 0) is 42.6 Å². The zero-order chi connectivity index (χ0) is 14.0. The van der Waals surface area contributed by atoms with E-state index in [0.29, 0.717) is 0 Å². The number of hydrogen-bond acceptors (Lipinski definition) is 2. The Morgan fingerprint density at radius 3 is 2.05 bits per heavy atom. The van der Waals surface area contributed by atoms with Crippen molar-refractivity contribution in [2.75, 3.05) is 18.4 Å². The van der Waals surface area contributed by atoms with Gasteiger partial charge in [0.25, 0.3) is 0 Å². The average molecular weight is 268 g/mol. The first-order valence-electron chi connectivity index (χ1n) is 7.49. The Hall–Kier alpha value is -1.80. The average Bonchev–Trinajstić information content (AvgIpc) is 2.52. The van der Waals surface area contributed by atoms with Crippen molar-refractivity contribution in [3.63, 3.8) is 0 Å². The van der Waals surface area contributed by atoms with Gasteiger partial charge in [-0.2, -0.15) is 0 Å². The number of nitrogens with two attached hydrogens (primary N) is 1. The molecule has 2 rings (SSSR count). The van der Waals surface area contributed by atoms with E-state index in [1.54, 1.807) is 0 Å². The van der Waals surface area contributed by atoms with Crippen LogP contribution in [0.4, 0.5) is 5.69 Å². The lowest BCUT2D eigenvalue weighted by molar-refractivity contribution is 0.661. The van der Waals surface area contributed by atoms with Crippen LogP contribution in [0.25, 0.3) is 11.1 Å². The highest BCUT2D eigenvalue weighted by Gasteiger charge is 1.97. The Bertz CT molecular complexity index is 477. The van der Waals surface area contributed by atoms with Gasteiger partial charge < -0.3 is 11.1 Å². The summed E-state index contributed by atoms with van der Waals surface area (Å²) in [4.78, 5) is 0. The third-order valence-electron chi connectivity index (χ3n) is 3.45. The van der Waals surface area contributed by atoms with Crippen LogP contribution in [0.1, 0.15) is 25.7 Å². The maximum absolute atomic E-state index is 5.48. The largest absolute Gasteiger partial charge is 0.385 e. The maximum atomic E-state index is 5.48. The fourth-order valence-corrected chi connectivity index (χ4v) is 2.27. The first-order chi connectivity index (χ1) is 9.90. The molecular formula is C18H24N2. The molecule has 106 valence electrons. The van der Waals surface area contributed by atoms with Crippen molar-refractivity contribution in [3.05, 3.63) is 54.6 Å². The van der Waals surface area contributed by atoms with Crippen LogP contribution in [0.3, 0.4) is 0 Å². The summed E-state index contributed by atoms with van der Waals surface area (Å²) in [5, 5.41) is 3.47. The number of unbranched alkanes of at least 4 members (excludes halogenated alkanes) is 3. The van der Waals surface area contributed by atoms with E-state index < -0.39 is 0 Å². The van der Waals surface area contributed by atoms with Gasteiger partial charge in [-0.15, -0.1) is 0 Å². The molecule has 0 aromatic heterocycles. The van der Waals surface area contributed by atoms with Crippen molar-refractivity contribution in [1.82, 2.24) is 0 Å². The topological polar surface area (TPSA) is 38.0 Å². The molecule has 0 fully saturated rings.